The molecule has 0 radical (unpaired) electrons. The second-order valence-corrected chi connectivity index (χ2v) is 6.78. The largest absolute Gasteiger partial charge is 0.411 e. The first-order chi connectivity index (χ1) is 8.67. The molecule has 5 heteroatoms. The molecule has 3 atom stereocenters. The fourth-order valence-corrected chi connectivity index (χ4v) is 4.01. The average Bonchev–Trinajstić information content (AvgIpc) is 2.59. The van der Waals surface area contributed by atoms with Gasteiger partial charge in [0.05, 0.1) is 6.61 Å². The molecule has 2 rings (SSSR count). The van der Waals surface area contributed by atoms with Crippen molar-refractivity contribution in [2.24, 2.45) is 16.7 Å². The summed E-state index contributed by atoms with van der Waals surface area (Å²) in [5, 5.41) is 3.40. The Morgan fingerprint density at radius 3 is 2.42 bits per heavy atom. The van der Waals surface area contributed by atoms with Gasteiger partial charge in [-0.25, -0.2) is 0 Å². The number of halogens is 3. The minimum Gasteiger partial charge on any atom is -0.371 e. The van der Waals surface area contributed by atoms with Gasteiger partial charge in [-0.15, -0.1) is 0 Å². The van der Waals surface area contributed by atoms with Crippen LogP contribution in [0.1, 0.15) is 40.0 Å². The fraction of sp³-hybridized carbons (Fsp3) is 1.00. The summed E-state index contributed by atoms with van der Waals surface area (Å²) in [6.07, 6.45) is -0.582. The SMILES string of the molecule is CC1(C)C2CCC1(C)C(NCCOCC(F)(F)F)C2. The molecule has 2 fully saturated rings. The lowest BCUT2D eigenvalue weighted by Crippen LogP contribution is -2.45. The minimum atomic E-state index is -4.22. The summed E-state index contributed by atoms with van der Waals surface area (Å²) >= 11 is 0. The van der Waals surface area contributed by atoms with Gasteiger partial charge in [0.25, 0.3) is 0 Å². The molecular weight excluding hydrogens is 255 g/mol. The van der Waals surface area contributed by atoms with Crippen molar-refractivity contribution in [3.05, 3.63) is 0 Å². The smallest absolute Gasteiger partial charge is 0.371 e. The molecule has 0 heterocycles. The van der Waals surface area contributed by atoms with E-state index in [1.807, 2.05) is 0 Å². The predicted molar refractivity (Wildman–Crippen MR) is 67.9 cm³/mol. The fourth-order valence-electron chi connectivity index (χ4n) is 4.01. The molecule has 2 saturated carbocycles. The van der Waals surface area contributed by atoms with Crippen LogP contribution in [0.15, 0.2) is 0 Å². The first kappa shape index (κ1) is 15.1. The van der Waals surface area contributed by atoms with Gasteiger partial charge < -0.3 is 10.1 Å². The van der Waals surface area contributed by atoms with E-state index in [1.165, 1.54) is 12.8 Å². The zero-order valence-electron chi connectivity index (χ0n) is 11.9. The van der Waals surface area contributed by atoms with Crippen LogP contribution in [-0.2, 0) is 4.74 Å². The maximum absolute atomic E-state index is 11.9. The molecule has 1 N–H and O–H groups in total. The van der Waals surface area contributed by atoms with E-state index < -0.39 is 12.8 Å². The number of nitrogens with one attached hydrogen (secondary N) is 1. The van der Waals surface area contributed by atoms with Gasteiger partial charge in [0.2, 0.25) is 0 Å². The van der Waals surface area contributed by atoms with Crippen molar-refractivity contribution in [1.82, 2.24) is 5.32 Å². The zero-order chi connectivity index (χ0) is 14.3. The summed E-state index contributed by atoms with van der Waals surface area (Å²) in [6, 6.07) is 0.413. The second-order valence-electron chi connectivity index (χ2n) is 6.78. The van der Waals surface area contributed by atoms with Crippen LogP contribution in [-0.4, -0.2) is 32.0 Å². The predicted octanol–water partition coefficient (Wildman–Crippen LogP) is 3.37. The highest BCUT2D eigenvalue weighted by Crippen LogP contribution is 2.65. The number of fused-ring (bicyclic) bond motifs is 2. The average molecular weight is 279 g/mol. The van der Waals surface area contributed by atoms with E-state index in [0.717, 1.165) is 12.3 Å². The van der Waals surface area contributed by atoms with E-state index in [2.05, 4.69) is 30.8 Å². The molecule has 0 aromatic carbocycles. The molecule has 0 amide bonds. The Morgan fingerprint density at radius 2 is 1.95 bits per heavy atom. The minimum absolute atomic E-state index is 0.122. The molecule has 2 nitrogen and oxygen atoms in total. The third-order valence-corrected chi connectivity index (χ3v) is 5.70. The van der Waals surface area contributed by atoms with Crippen molar-refractivity contribution in [1.29, 1.82) is 0 Å². The van der Waals surface area contributed by atoms with Crippen molar-refractivity contribution in [2.75, 3.05) is 19.8 Å². The Balaban J connectivity index is 1.74. The van der Waals surface area contributed by atoms with Crippen LogP contribution in [0.5, 0.6) is 0 Å². The normalized spacial score (nSPS) is 36.9. The van der Waals surface area contributed by atoms with Crippen LogP contribution in [0.25, 0.3) is 0 Å². The second kappa shape index (κ2) is 4.92. The monoisotopic (exact) mass is 279 g/mol. The van der Waals surface area contributed by atoms with Gasteiger partial charge in [-0.2, -0.15) is 13.2 Å². The van der Waals surface area contributed by atoms with Crippen LogP contribution < -0.4 is 5.32 Å². The first-order valence-electron chi connectivity index (χ1n) is 7.05. The van der Waals surface area contributed by atoms with E-state index in [0.29, 0.717) is 18.0 Å². The molecule has 0 saturated heterocycles. The molecular formula is C14H24F3NO. The number of ether oxygens (including phenoxy) is 1. The van der Waals surface area contributed by atoms with Crippen LogP contribution in [0, 0.1) is 16.7 Å². The molecule has 2 aliphatic carbocycles. The van der Waals surface area contributed by atoms with Gasteiger partial charge >= 0.3 is 6.18 Å². The van der Waals surface area contributed by atoms with E-state index in [-0.39, 0.29) is 12.0 Å². The standard InChI is InChI=1S/C14H24F3NO/c1-12(2)10-4-5-13(12,3)11(8-10)18-6-7-19-9-14(15,16)17/h10-11,18H,4-9H2,1-3H3. The van der Waals surface area contributed by atoms with E-state index in [9.17, 15) is 13.2 Å². The van der Waals surface area contributed by atoms with Crippen LogP contribution in [0.3, 0.4) is 0 Å². The topological polar surface area (TPSA) is 21.3 Å². The summed E-state index contributed by atoms with van der Waals surface area (Å²) in [5.41, 5.74) is 0.596. The highest BCUT2D eigenvalue weighted by Gasteiger charge is 2.60. The van der Waals surface area contributed by atoms with Gasteiger partial charge in [0.1, 0.15) is 6.61 Å². The maximum atomic E-state index is 11.9. The summed E-state index contributed by atoms with van der Waals surface area (Å²) in [6.45, 7) is 6.44. The molecule has 0 spiro atoms. The Bertz CT molecular complexity index is 329. The molecule has 3 unspecified atom stereocenters. The van der Waals surface area contributed by atoms with Crippen molar-refractivity contribution < 1.29 is 17.9 Å². The number of rotatable bonds is 5. The number of hydrogen-bond acceptors (Lipinski definition) is 2. The van der Waals surface area contributed by atoms with Gasteiger partial charge in [-0.05, 0) is 36.0 Å². The van der Waals surface area contributed by atoms with Gasteiger partial charge in [0, 0.05) is 12.6 Å². The van der Waals surface area contributed by atoms with Crippen molar-refractivity contribution in [3.8, 4) is 0 Å². The Hall–Kier alpha value is -0.290. The van der Waals surface area contributed by atoms with E-state index >= 15 is 0 Å². The van der Waals surface area contributed by atoms with Crippen LogP contribution in [0.4, 0.5) is 13.2 Å². The molecule has 0 aromatic heterocycles. The van der Waals surface area contributed by atoms with E-state index in [1.54, 1.807) is 0 Å². The molecule has 0 aromatic rings. The molecule has 0 aliphatic heterocycles. The third kappa shape index (κ3) is 2.77. The summed E-state index contributed by atoms with van der Waals surface area (Å²) in [5.74, 6) is 0.742. The summed E-state index contributed by atoms with van der Waals surface area (Å²) in [4.78, 5) is 0. The lowest BCUT2D eigenvalue weighted by Gasteiger charge is -2.39. The van der Waals surface area contributed by atoms with Crippen LogP contribution in [0.2, 0.25) is 0 Å². The highest BCUT2D eigenvalue weighted by atomic mass is 19.4. The Kier molecular flexibility index (Phi) is 3.91. The summed E-state index contributed by atoms with van der Waals surface area (Å²) in [7, 11) is 0. The Morgan fingerprint density at radius 1 is 1.26 bits per heavy atom. The quantitative estimate of drug-likeness (QED) is 0.779. The molecule has 112 valence electrons. The Labute approximate surface area is 113 Å². The van der Waals surface area contributed by atoms with Gasteiger partial charge in [-0.1, -0.05) is 20.8 Å². The maximum Gasteiger partial charge on any atom is 0.411 e. The molecule has 2 bridgehead atoms. The van der Waals surface area contributed by atoms with Crippen molar-refractivity contribution >= 4 is 0 Å². The molecule has 2 aliphatic rings. The zero-order valence-corrected chi connectivity index (χ0v) is 11.9. The van der Waals surface area contributed by atoms with E-state index in [4.69, 9.17) is 0 Å². The number of hydrogen-bond donors (Lipinski definition) is 1. The first-order valence-corrected chi connectivity index (χ1v) is 7.05. The van der Waals surface area contributed by atoms with Gasteiger partial charge in [-0.3, -0.25) is 0 Å². The van der Waals surface area contributed by atoms with Crippen molar-refractivity contribution in [2.45, 2.75) is 52.3 Å². The highest BCUT2D eigenvalue weighted by molar-refractivity contribution is 5.12. The molecule has 19 heavy (non-hydrogen) atoms. The van der Waals surface area contributed by atoms with Crippen LogP contribution >= 0.6 is 0 Å². The lowest BCUT2D eigenvalue weighted by atomic mass is 9.69. The lowest BCUT2D eigenvalue weighted by molar-refractivity contribution is -0.173. The van der Waals surface area contributed by atoms with Gasteiger partial charge in [0.15, 0.2) is 0 Å². The third-order valence-electron chi connectivity index (χ3n) is 5.70. The summed E-state index contributed by atoms with van der Waals surface area (Å²) < 4.78 is 40.4. The number of alkyl halides is 3. The van der Waals surface area contributed by atoms with Crippen molar-refractivity contribution in [3.63, 3.8) is 0 Å².